The summed E-state index contributed by atoms with van der Waals surface area (Å²) in [6, 6.07) is 0. The van der Waals surface area contributed by atoms with E-state index in [0.29, 0.717) is 5.25 Å². The zero-order valence-corrected chi connectivity index (χ0v) is 7.86. The Morgan fingerprint density at radius 3 is 3.11 bits per heavy atom. The van der Waals surface area contributed by atoms with E-state index < -0.39 is 0 Å². The summed E-state index contributed by atoms with van der Waals surface area (Å²) in [5.41, 5.74) is 0. The fraction of sp³-hybridized carbons (Fsp3) is 0.667. The predicted molar refractivity (Wildman–Crippen MR) is 51.2 cm³/mol. The Labute approximate surface area is 70.3 Å². The highest BCUT2D eigenvalue weighted by Gasteiger charge is 2.06. The summed E-state index contributed by atoms with van der Waals surface area (Å²) < 4.78 is 0. The van der Waals surface area contributed by atoms with Gasteiger partial charge in [0.25, 0.3) is 0 Å². The second-order valence-corrected chi connectivity index (χ2v) is 5.27. The van der Waals surface area contributed by atoms with E-state index in [9.17, 15) is 0 Å². The summed E-state index contributed by atoms with van der Waals surface area (Å²) in [6.45, 7) is 2.13. The van der Waals surface area contributed by atoms with Gasteiger partial charge in [-0.3, -0.25) is 0 Å². The zero-order valence-electron chi connectivity index (χ0n) is 5.33. The van der Waals surface area contributed by atoms with Crippen molar-refractivity contribution in [3.63, 3.8) is 0 Å². The number of hydrogen-bond acceptors (Lipinski definition) is 3. The Kier molecular flexibility index (Phi) is 3.37. The first-order chi connectivity index (χ1) is 4.29. The van der Waals surface area contributed by atoms with Crippen molar-refractivity contribution in [3.05, 3.63) is 10.3 Å². The molecule has 0 saturated heterocycles. The van der Waals surface area contributed by atoms with E-state index in [2.05, 4.69) is 25.0 Å². The number of hydrogen-bond donors (Lipinski definition) is 1. The van der Waals surface area contributed by atoms with Crippen LogP contribution in [0.15, 0.2) is 10.3 Å². The second kappa shape index (κ2) is 3.84. The average Bonchev–Trinajstić information content (AvgIpc) is 2.15. The molecule has 1 rings (SSSR count). The molecule has 0 nitrogen and oxygen atoms in total. The average molecular weight is 178 g/mol. The lowest BCUT2D eigenvalue weighted by atomic mass is 10.3. The van der Waals surface area contributed by atoms with Crippen molar-refractivity contribution in [1.82, 2.24) is 0 Å². The van der Waals surface area contributed by atoms with Crippen LogP contribution >= 0.6 is 36.2 Å². The van der Waals surface area contributed by atoms with Gasteiger partial charge in [-0.15, -0.1) is 23.5 Å². The molecule has 1 aliphatic heterocycles. The maximum Gasteiger partial charge on any atom is 0.0478 e. The SMILES string of the molecule is CC(S)CC1=CSCS1. The highest BCUT2D eigenvalue weighted by atomic mass is 32.2. The molecule has 0 spiro atoms. The number of thioether (sulfide) groups is 2. The molecule has 0 N–H and O–H groups in total. The Balaban J connectivity index is 2.26. The quantitative estimate of drug-likeness (QED) is 0.646. The van der Waals surface area contributed by atoms with Gasteiger partial charge in [0.2, 0.25) is 0 Å². The zero-order chi connectivity index (χ0) is 6.69. The predicted octanol–water partition coefficient (Wildman–Crippen LogP) is 2.97. The van der Waals surface area contributed by atoms with Gasteiger partial charge >= 0.3 is 0 Å². The summed E-state index contributed by atoms with van der Waals surface area (Å²) in [6.07, 6.45) is 1.14. The van der Waals surface area contributed by atoms with Gasteiger partial charge in [-0.25, -0.2) is 0 Å². The number of allylic oxidation sites excluding steroid dienone is 1. The Hall–Kier alpha value is 0.790. The van der Waals surface area contributed by atoms with Crippen molar-refractivity contribution in [2.75, 3.05) is 5.08 Å². The van der Waals surface area contributed by atoms with Gasteiger partial charge in [-0.2, -0.15) is 12.6 Å². The van der Waals surface area contributed by atoms with Gasteiger partial charge in [0.1, 0.15) is 0 Å². The van der Waals surface area contributed by atoms with Crippen LogP contribution in [0.25, 0.3) is 0 Å². The van der Waals surface area contributed by atoms with Gasteiger partial charge in [0.15, 0.2) is 0 Å². The van der Waals surface area contributed by atoms with E-state index >= 15 is 0 Å². The third kappa shape index (κ3) is 2.92. The largest absolute Gasteiger partial charge is 0.176 e. The Morgan fingerprint density at radius 1 is 1.89 bits per heavy atom. The Morgan fingerprint density at radius 2 is 2.67 bits per heavy atom. The van der Waals surface area contributed by atoms with Gasteiger partial charge in [-0.05, 0) is 16.7 Å². The molecular formula is C6H10S3. The summed E-state index contributed by atoms with van der Waals surface area (Å²) in [4.78, 5) is 1.50. The molecule has 0 amide bonds. The minimum atomic E-state index is 0.516. The van der Waals surface area contributed by atoms with Gasteiger partial charge in [0.05, 0.1) is 0 Å². The molecule has 0 fully saturated rings. The molecule has 0 aliphatic carbocycles. The van der Waals surface area contributed by atoms with E-state index in [0.717, 1.165) is 6.42 Å². The molecule has 3 heteroatoms. The van der Waals surface area contributed by atoms with E-state index in [1.165, 1.54) is 9.99 Å². The van der Waals surface area contributed by atoms with E-state index in [-0.39, 0.29) is 0 Å². The first-order valence-electron chi connectivity index (χ1n) is 2.90. The minimum absolute atomic E-state index is 0.516. The fourth-order valence-electron chi connectivity index (χ4n) is 0.669. The number of thiol groups is 1. The third-order valence-corrected chi connectivity index (χ3v) is 3.48. The molecule has 0 saturated carbocycles. The van der Waals surface area contributed by atoms with Crippen LogP contribution < -0.4 is 0 Å². The Bertz CT molecular complexity index is 117. The summed E-state index contributed by atoms with van der Waals surface area (Å²) in [5, 5.41) is 3.97. The molecule has 0 bridgehead atoms. The molecular weight excluding hydrogens is 168 g/mol. The summed E-state index contributed by atoms with van der Waals surface area (Å²) in [5.74, 6) is 0. The molecule has 1 heterocycles. The van der Waals surface area contributed by atoms with Crippen LogP contribution in [0.3, 0.4) is 0 Å². The molecule has 0 aromatic carbocycles. The van der Waals surface area contributed by atoms with Crippen molar-refractivity contribution in [1.29, 1.82) is 0 Å². The van der Waals surface area contributed by atoms with Crippen molar-refractivity contribution in [3.8, 4) is 0 Å². The molecule has 1 aliphatic rings. The van der Waals surface area contributed by atoms with Crippen LogP contribution in [-0.4, -0.2) is 10.3 Å². The summed E-state index contributed by atoms with van der Waals surface area (Å²) in [7, 11) is 0. The van der Waals surface area contributed by atoms with E-state index in [1.54, 1.807) is 0 Å². The molecule has 1 atom stereocenters. The number of rotatable bonds is 2. The molecule has 1 unspecified atom stereocenters. The molecule has 52 valence electrons. The van der Waals surface area contributed by atoms with Crippen LogP contribution in [0.2, 0.25) is 0 Å². The first kappa shape index (κ1) is 7.89. The van der Waals surface area contributed by atoms with Gasteiger partial charge < -0.3 is 0 Å². The molecule has 9 heavy (non-hydrogen) atoms. The molecule has 0 aromatic heterocycles. The topological polar surface area (TPSA) is 0 Å². The summed E-state index contributed by atoms with van der Waals surface area (Å²) >= 11 is 8.15. The standard InChI is InChI=1S/C6H10S3/c1-5(7)2-6-3-8-4-9-6/h3,5,7H,2,4H2,1H3. The lowest BCUT2D eigenvalue weighted by molar-refractivity contribution is 0.981. The second-order valence-electron chi connectivity index (χ2n) is 2.07. The minimum Gasteiger partial charge on any atom is -0.176 e. The van der Waals surface area contributed by atoms with E-state index in [1.807, 2.05) is 23.5 Å². The fourth-order valence-corrected chi connectivity index (χ4v) is 3.27. The highest BCUT2D eigenvalue weighted by Crippen LogP contribution is 2.35. The third-order valence-electron chi connectivity index (χ3n) is 1.02. The van der Waals surface area contributed by atoms with Crippen LogP contribution in [-0.2, 0) is 0 Å². The van der Waals surface area contributed by atoms with Crippen LogP contribution in [0.4, 0.5) is 0 Å². The first-order valence-corrected chi connectivity index (χ1v) is 5.45. The smallest absolute Gasteiger partial charge is 0.0478 e. The van der Waals surface area contributed by atoms with Crippen molar-refractivity contribution < 1.29 is 0 Å². The normalized spacial score (nSPS) is 21.8. The van der Waals surface area contributed by atoms with E-state index in [4.69, 9.17) is 0 Å². The van der Waals surface area contributed by atoms with Crippen molar-refractivity contribution >= 4 is 36.2 Å². The molecule has 0 radical (unpaired) electrons. The maximum atomic E-state index is 4.31. The van der Waals surface area contributed by atoms with Crippen LogP contribution in [0.1, 0.15) is 13.3 Å². The lowest BCUT2D eigenvalue weighted by Crippen LogP contribution is -1.89. The van der Waals surface area contributed by atoms with Gasteiger partial charge in [-0.1, -0.05) is 6.92 Å². The molecule has 0 aromatic rings. The van der Waals surface area contributed by atoms with Crippen LogP contribution in [0, 0.1) is 0 Å². The monoisotopic (exact) mass is 178 g/mol. The maximum absolute atomic E-state index is 4.31. The highest BCUT2D eigenvalue weighted by molar-refractivity contribution is 8.22. The van der Waals surface area contributed by atoms with Crippen LogP contribution in [0.5, 0.6) is 0 Å². The van der Waals surface area contributed by atoms with Gasteiger partial charge in [0, 0.05) is 10.3 Å². The van der Waals surface area contributed by atoms with Crippen molar-refractivity contribution in [2.24, 2.45) is 0 Å². The lowest BCUT2D eigenvalue weighted by Gasteiger charge is -2.01. The van der Waals surface area contributed by atoms with Crippen molar-refractivity contribution in [2.45, 2.75) is 18.6 Å².